The molecule has 0 aliphatic heterocycles. The van der Waals surface area contributed by atoms with Gasteiger partial charge in [0.25, 0.3) is 10.0 Å². The number of anilines is 1. The molecule has 3 aromatic rings. The number of nitrogens with one attached hydrogen (secondary N) is 1. The van der Waals surface area contributed by atoms with Crippen LogP contribution in [-0.2, 0) is 15.4 Å². The zero-order chi connectivity index (χ0) is 27.4. The minimum atomic E-state index is -3.95. The summed E-state index contributed by atoms with van der Waals surface area (Å²) in [5.74, 6) is 1.25. The maximum Gasteiger partial charge on any atom is 0.262 e. The molecule has 2 N–H and O–H groups in total. The molecule has 0 saturated carbocycles. The highest BCUT2D eigenvalue weighted by atomic mass is 32.2. The van der Waals surface area contributed by atoms with Crippen molar-refractivity contribution in [2.24, 2.45) is 0 Å². The Hall–Kier alpha value is -3.85. The van der Waals surface area contributed by atoms with Gasteiger partial charge >= 0.3 is 0 Å². The monoisotopic (exact) mass is 527 g/mol. The van der Waals surface area contributed by atoms with Gasteiger partial charge in [-0.15, -0.1) is 0 Å². The van der Waals surface area contributed by atoms with E-state index in [0.29, 0.717) is 22.8 Å². The molecule has 0 heterocycles. The van der Waals surface area contributed by atoms with Gasteiger partial charge in [0.2, 0.25) is 5.75 Å². The van der Waals surface area contributed by atoms with Crippen molar-refractivity contribution in [2.75, 3.05) is 33.2 Å². The number of phenols is 1. The number of rotatable bonds is 9. The molecule has 0 amide bonds. The SMILES string of the molecule is COc1cc(C=Cc2cc(O)c(OC)c(NS(=O)(=O)c3ccc(C(C)(C)C)cc3)c2)cc(OC)c1OC. The van der Waals surface area contributed by atoms with E-state index < -0.39 is 10.0 Å². The van der Waals surface area contributed by atoms with E-state index >= 15 is 0 Å². The van der Waals surface area contributed by atoms with Gasteiger partial charge in [-0.1, -0.05) is 45.1 Å². The number of methoxy groups -OCH3 is 4. The summed E-state index contributed by atoms with van der Waals surface area (Å²) in [6.45, 7) is 6.17. The van der Waals surface area contributed by atoms with E-state index in [1.165, 1.54) is 34.5 Å². The number of sulfonamides is 1. The highest BCUT2D eigenvalue weighted by molar-refractivity contribution is 7.92. The van der Waals surface area contributed by atoms with Gasteiger partial charge in [-0.05, 0) is 58.5 Å². The molecule has 0 aliphatic rings. The minimum absolute atomic E-state index is 0.0137. The average molecular weight is 528 g/mol. The standard InChI is InChI=1S/C28H33NO7S/c1-28(2,3)20-10-12-21(13-11-20)37(31,32)29-22-14-18(15-23(30)26(22)35-6)8-9-19-16-24(33-4)27(36-7)25(17-19)34-5/h8-17,29-30H,1-7H3. The highest BCUT2D eigenvalue weighted by Crippen LogP contribution is 2.40. The van der Waals surface area contributed by atoms with Crippen molar-refractivity contribution in [1.82, 2.24) is 0 Å². The predicted molar refractivity (Wildman–Crippen MR) is 146 cm³/mol. The van der Waals surface area contributed by atoms with E-state index in [-0.39, 0.29) is 27.5 Å². The molecule has 3 aromatic carbocycles. The van der Waals surface area contributed by atoms with Crippen LogP contribution in [0.25, 0.3) is 12.2 Å². The van der Waals surface area contributed by atoms with Crippen LogP contribution in [0.2, 0.25) is 0 Å². The summed E-state index contributed by atoms with van der Waals surface area (Å²) in [6, 6.07) is 13.3. The molecule has 37 heavy (non-hydrogen) atoms. The van der Waals surface area contributed by atoms with Crippen LogP contribution in [0.5, 0.6) is 28.7 Å². The number of aromatic hydroxyl groups is 1. The van der Waals surface area contributed by atoms with Crippen molar-refractivity contribution in [2.45, 2.75) is 31.1 Å². The Morgan fingerprint density at radius 3 is 1.73 bits per heavy atom. The largest absolute Gasteiger partial charge is 0.504 e. The molecule has 9 heteroatoms. The normalized spacial score (nSPS) is 11.9. The molecule has 3 rings (SSSR count). The molecule has 0 bridgehead atoms. The maximum atomic E-state index is 13.1. The maximum absolute atomic E-state index is 13.1. The first kappa shape index (κ1) is 27.7. The van der Waals surface area contributed by atoms with Gasteiger partial charge in [-0.3, -0.25) is 4.72 Å². The molecule has 0 saturated heterocycles. The Kier molecular flexibility index (Phi) is 8.28. The lowest BCUT2D eigenvalue weighted by atomic mass is 9.87. The van der Waals surface area contributed by atoms with E-state index in [1.54, 1.807) is 54.6 Å². The lowest BCUT2D eigenvalue weighted by molar-refractivity contribution is 0.324. The van der Waals surface area contributed by atoms with Crippen LogP contribution < -0.4 is 23.7 Å². The van der Waals surface area contributed by atoms with Crippen molar-refractivity contribution in [1.29, 1.82) is 0 Å². The number of hydrogen-bond acceptors (Lipinski definition) is 7. The molecule has 0 unspecified atom stereocenters. The highest BCUT2D eigenvalue weighted by Gasteiger charge is 2.21. The first-order valence-electron chi connectivity index (χ1n) is 11.5. The Morgan fingerprint density at radius 2 is 1.27 bits per heavy atom. The van der Waals surface area contributed by atoms with Crippen molar-refractivity contribution in [3.8, 4) is 28.7 Å². The second-order valence-corrected chi connectivity index (χ2v) is 11.0. The van der Waals surface area contributed by atoms with Gasteiger partial charge in [0, 0.05) is 0 Å². The summed E-state index contributed by atoms with van der Waals surface area (Å²) >= 11 is 0. The van der Waals surface area contributed by atoms with Crippen LogP contribution in [-0.4, -0.2) is 42.0 Å². The Morgan fingerprint density at radius 1 is 0.757 bits per heavy atom. The van der Waals surface area contributed by atoms with E-state index in [0.717, 1.165) is 11.1 Å². The molecule has 8 nitrogen and oxygen atoms in total. The molecule has 198 valence electrons. The predicted octanol–water partition coefficient (Wildman–Crippen LogP) is 5.70. The molecular formula is C28H33NO7S. The second-order valence-electron chi connectivity index (χ2n) is 9.29. The molecular weight excluding hydrogens is 494 g/mol. The zero-order valence-corrected chi connectivity index (χ0v) is 22.9. The Labute approximate surface area is 218 Å². The van der Waals surface area contributed by atoms with Crippen LogP contribution in [0.3, 0.4) is 0 Å². The number of hydrogen-bond donors (Lipinski definition) is 2. The van der Waals surface area contributed by atoms with Crippen LogP contribution in [0.4, 0.5) is 5.69 Å². The average Bonchev–Trinajstić information content (AvgIpc) is 2.86. The van der Waals surface area contributed by atoms with Crippen LogP contribution >= 0.6 is 0 Å². The fourth-order valence-corrected chi connectivity index (χ4v) is 4.80. The molecule has 0 fully saturated rings. The smallest absolute Gasteiger partial charge is 0.262 e. The van der Waals surface area contributed by atoms with Gasteiger partial charge in [0.15, 0.2) is 23.0 Å². The fourth-order valence-electron chi connectivity index (χ4n) is 3.75. The lowest BCUT2D eigenvalue weighted by Gasteiger charge is -2.19. The first-order valence-corrected chi connectivity index (χ1v) is 12.9. The third-order valence-corrected chi connectivity index (χ3v) is 7.11. The molecule has 0 aliphatic carbocycles. The summed E-state index contributed by atoms with van der Waals surface area (Å²) in [6.07, 6.45) is 3.49. The Balaban J connectivity index is 1.97. The fraction of sp³-hybridized carbons (Fsp3) is 0.286. The Bertz CT molecular complexity index is 1360. The lowest BCUT2D eigenvalue weighted by Crippen LogP contribution is -2.15. The van der Waals surface area contributed by atoms with E-state index in [9.17, 15) is 13.5 Å². The molecule has 0 aromatic heterocycles. The summed E-state index contributed by atoms with van der Waals surface area (Å²) in [5, 5.41) is 10.5. The van der Waals surface area contributed by atoms with Crippen LogP contribution in [0, 0.1) is 0 Å². The number of ether oxygens (including phenoxy) is 4. The van der Waals surface area contributed by atoms with E-state index in [1.807, 2.05) is 0 Å². The molecule has 0 radical (unpaired) electrons. The second kappa shape index (κ2) is 11.0. The van der Waals surface area contributed by atoms with Gasteiger partial charge in [0.05, 0.1) is 39.0 Å². The van der Waals surface area contributed by atoms with Crippen molar-refractivity contribution in [3.63, 3.8) is 0 Å². The number of benzene rings is 3. The van der Waals surface area contributed by atoms with Crippen molar-refractivity contribution >= 4 is 27.9 Å². The summed E-state index contributed by atoms with van der Waals surface area (Å²) in [4.78, 5) is 0.0976. The van der Waals surface area contributed by atoms with E-state index in [2.05, 4.69) is 25.5 Å². The van der Waals surface area contributed by atoms with Gasteiger partial charge in [-0.2, -0.15) is 0 Å². The van der Waals surface area contributed by atoms with Gasteiger partial charge in [-0.25, -0.2) is 8.42 Å². The topological polar surface area (TPSA) is 103 Å². The zero-order valence-electron chi connectivity index (χ0n) is 22.1. The third kappa shape index (κ3) is 6.29. The van der Waals surface area contributed by atoms with Gasteiger partial charge < -0.3 is 24.1 Å². The van der Waals surface area contributed by atoms with Crippen LogP contribution in [0.15, 0.2) is 53.4 Å². The van der Waals surface area contributed by atoms with E-state index in [4.69, 9.17) is 18.9 Å². The van der Waals surface area contributed by atoms with Crippen molar-refractivity contribution in [3.05, 3.63) is 65.2 Å². The third-order valence-electron chi connectivity index (χ3n) is 5.73. The summed E-state index contributed by atoms with van der Waals surface area (Å²) in [7, 11) is 1.99. The quantitative estimate of drug-likeness (QED) is 0.344. The molecule has 0 atom stereocenters. The van der Waals surface area contributed by atoms with Crippen molar-refractivity contribution < 1.29 is 32.5 Å². The first-order chi connectivity index (χ1) is 17.4. The van der Waals surface area contributed by atoms with Crippen LogP contribution in [0.1, 0.15) is 37.5 Å². The number of phenolic OH excluding ortho intramolecular Hbond substituents is 1. The summed E-state index contributed by atoms with van der Waals surface area (Å²) in [5.41, 5.74) is 2.29. The van der Waals surface area contributed by atoms with Gasteiger partial charge in [0.1, 0.15) is 0 Å². The molecule has 0 spiro atoms. The summed E-state index contributed by atoms with van der Waals surface area (Å²) < 4.78 is 50.2. The minimum Gasteiger partial charge on any atom is -0.504 e.